The van der Waals surface area contributed by atoms with E-state index in [4.69, 9.17) is 0 Å². The summed E-state index contributed by atoms with van der Waals surface area (Å²) in [6.07, 6.45) is 6.13. The van der Waals surface area contributed by atoms with Gasteiger partial charge in [-0.1, -0.05) is 28.9 Å². The van der Waals surface area contributed by atoms with Gasteiger partial charge in [0.25, 0.3) is 0 Å². The van der Waals surface area contributed by atoms with Crippen molar-refractivity contribution in [3.8, 4) is 0 Å². The summed E-state index contributed by atoms with van der Waals surface area (Å²) in [5.41, 5.74) is 3.97. The zero-order valence-corrected chi connectivity index (χ0v) is 15.3. The van der Waals surface area contributed by atoms with E-state index in [0.29, 0.717) is 23.3 Å². The number of fused-ring (bicyclic) bond motifs is 5. The lowest BCUT2D eigenvalue weighted by molar-refractivity contribution is -0.105. The fourth-order valence-electron chi connectivity index (χ4n) is 5.48. The van der Waals surface area contributed by atoms with Crippen LogP contribution in [0.1, 0.15) is 60.0 Å². The van der Waals surface area contributed by atoms with Crippen LogP contribution >= 0.6 is 15.9 Å². The highest BCUT2D eigenvalue weighted by molar-refractivity contribution is 9.11. The van der Waals surface area contributed by atoms with Gasteiger partial charge in [0, 0.05) is 15.5 Å². The number of hydrogen-bond donors (Lipinski definition) is 1. The zero-order chi connectivity index (χ0) is 17.1. The highest BCUT2D eigenvalue weighted by Crippen LogP contribution is 2.63. The van der Waals surface area contributed by atoms with Gasteiger partial charge in [-0.15, -0.1) is 0 Å². The molecule has 1 saturated carbocycles. The predicted octanol–water partition coefficient (Wildman–Crippen LogP) is 4.70. The van der Waals surface area contributed by atoms with Crippen LogP contribution in [-0.2, 0) is 11.2 Å². The van der Waals surface area contributed by atoms with Crippen molar-refractivity contribution in [3.05, 3.63) is 44.9 Å². The van der Waals surface area contributed by atoms with E-state index in [-0.39, 0.29) is 5.41 Å². The van der Waals surface area contributed by atoms with Crippen molar-refractivity contribution in [2.24, 2.45) is 17.3 Å². The summed E-state index contributed by atoms with van der Waals surface area (Å²) >= 11 is 3.72. The van der Waals surface area contributed by atoms with Gasteiger partial charge in [0.15, 0.2) is 0 Å². The highest BCUT2D eigenvalue weighted by atomic mass is 79.9. The van der Waals surface area contributed by atoms with Gasteiger partial charge in [-0.3, -0.25) is 4.79 Å². The molecule has 126 valence electrons. The molecule has 0 radical (unpaired) electrons. The second-order valence-corrected chi connectivity index (χ2v) is 8.54. The molecule has 1 aromatic carbocycles. The normalized spacial score (nSPS) is 34.3. The minimum absolute atomic E-state index is 0.0932. The molecule has 0 amide bonds. The average molecular weight is 389 g/mol. The Morgan fingerprint density at radius 2 is 2.17 bits per heavy atom. The number of allylic oxidation sites excluding steroid dienone is 2. The second kappa shape index (κ2) is 5.55. The molecule has 3 aliphatic rings. The Kier molecular flexibility index (Phi) is 3.72. The van der Waals surface area contributed by atoms with Crippen molar-refractivity contribution in [2.45, 2.75) is 44.9 Å². The van der Waals surface area contributed by atoms with Crippen molar-refractivity contribution < 1.29 is 14.7 Å². The van der Waals surface area contributed by atoms with Crippen molar-refractivity contribution in [3.63, 3.8) is 0 Å². The quantitative estimate of drug-likeness (QED) is 0.746. The molecule has 0 saturated heterocycles. The number of halogens is 1. The molecule has 1 N–H and O–H groups in total. The molecule has 0 spiro atoms. The first kappa shape index (κ1) is 16.1. The fourth-order valence-corrected chi connectivity index (χ4v) is 6.23. The summed E-state index contributed by atoms with van der Waals surface area (Å²) in [4.78, 5) is 22.6. The van der Waals surface area contributed by atoms with E-state index in [0.717, 1.165) is 48.4 Å². The molecule has 24 heavy (non-hydrogen) atoms. The van der Waals surface area contributed by atoms with Crippen LogP contribution in [0, 0.1) is 17.3 Å². The van der Waals surface area contributed by atoms with E-state index >= 15 is 0 Å². The summed E-state index contributed by atoms with van der Waals surface area (Å²) in [7, 11) is 0. The molecular formula is C20H21BrO3. The van der Waals surface area contributed by atoms with Crippen molar-refractivity contribution in [1.29, 1.82) is 0 Å². The number of aryl methyl sites for hydroxylation is 1. The Hall–Kier alpha value is -1.42. The number of hydrogen-bond acceptors (Lipinski definition) is 2. The van der Waals surface area contributed by atoms with Crippen LogP contribution in [0.3, 0.4) is 0 Å². The minimum atomic E-state index is -0.851. The van der Waals surface area contributed by atoms with Gasteiger partial charge in [-0.05, 0) is 73.1 Å². The van der Waals surface area contributed by atoms with E-state index in [2.05, 4.69) is 22.9 Å². The smallest absolute Gasteiger partial charge is 0.335 e. The van der Waals surface area contributed by atoms with E-state index in [1.54, 1.807) is 6.07 Å². The van der Waals surface area contributed by atoms with E-state index in [9.17, 15) is 14.7 Å². The number of aromatic carboxylic acids is 1. The largest absolute Gasteiger partial charge is 0.478 e. The number of carbonyl (C=O) groups excluding carboxylic acids is 1. The van der Waals surface area contributed by atoms with Crippen LogP contribution in [0.4, 0.5) is 0 Å². The lowest BCUT2D eigenvalue weighted by Gasteiger charge is -2.49. The van der Waals surface area contributed by atoms with Crippen LogP contribution in [0.25, 0.3) is 0 Å². The number of benzene rings is 1. The molecule has 0 heterocycles. The molecule has 4 atom stereocenters. The van der Waals surface area contributed by atoms with Gasteiger partial charge in [-0.25, -0.2) is 4.79 Å². The minimum Gasteiger partial charge on any atom is -0.478 e. The summed E-state index contributed by atoms with van der Waals surface area (Å²) in [6.45, 7) is 2.30. The Morgan fingerprint density at radius 1 is 1.38 bits per heavy atom. The number of rotatable bonds is 2. The molecule has 3 nitrogen and oxygen atoms in total. The summed E-state index contributed by atoms with van der Waals surface area (Å²) in [5, 5.41) is 9.22. The lowest BCUT2D eigenvalue weighted by atomic mass is 9.55. The monoisotopic (exact) mass is 388 g/mol. The van der Waals surface area contributed by atoms with E-state index in [1.807, 2.05) is 12.1 Å². The Bertz CT molecular complexity index is 766. The van der Waals surface area contributed by atoms with Gasteiger partial charge in [0.05, 0.1) is 5.56 Å². The van der Waals surface area contributed by atoms with Crippen molar-refractivity contribution in [2.75, 3.05) is 0 Å². The standard InChI is InChI=1S/C20H21BrO3/c1-20-7-6-15-14-4-3-12(19(23)24)8-11(14)2-5-16(15)17(20)9-13(10-22)18(20)21/h3-4,8,10,15-17H,2,5-7,9H2,1H3,(H,23,24)/t15?,16?,17?,20-/m0/s1. The molecular weight excluding hydrogens is 368 g/mol. The summed E-state index contributed by atoms with van der Waals surface area (Å²) < 4.78 is 1.13. The van der Waals surface area contributed by atoms with Gasteiger partial charge < -0.3 is 5.11 Å². The molecule has 4 heteroatoms. The van der Waals surface area contributed by atoms with Gasteiger partial charge in [0.2, 0.25) is 0 Å². The zero-order valence-electron chi connectivity index (χ0n) is 13.7. The second-order valence-electron chi connectivity index (χ2n) is 7.75. The predicted molar refractivity (Wildman–Crippen MR) is 95.4 cm³/mol. The Labute approximate surface area is 150 Å². The van der Waals surface area contributed by atoms with Crippen LogP contribution < -0.4 is 0 Å². The molecule has 0 aliphatic heterocycles. The maximum absolute atomic E-state index is 11.4. The number of carboxylic acid groups (broad SMARTS) is 1. The van der Waals surface area contributed by atoms with Crippen molar-refractivity contribution in [1.82, 2.24) is 0 Å². The maximum atomic E-state index is 11.4. The third-order valence-corrected chi connectivity index (χ3v) is 8.14. The molecule has 0 bridgehead atoms. The third kappa shape index (κ3) is 2.15. The summed E-state index contributed by atoms with van der Waals surface area (Å²) in [5.74, 6) is 0.742. The highest BCUT2D eigenvalue weighted by Gasteiger charge is 2.53. The van der Waals surface area contributed by atoms with Gasteiger partial charge >= 0.3 is 5.97 Å². The molecule has 3 unspecified atom stereocenters. The first-order valence-corrected chi connectivity index (χ1v) is 9.45. The van der Waals surface area contributed by atoms with Crippen LogP contribution in [0.5, 0.6) is 0 Å². The SMILES string of the molecule is C[C@]12CCC3c4ccc(C(=O)O)cc4CCC3C1CC(C=O)=C2Br. The number of carbonyl (C=O) groups is 2. The molecule has 3 aliphatic carbocycles. The fraction of sp³-hybridized carbons (Fsp3) is 0.500. The Morgan fingerprint density at radius 3 is 2.88 bits per heavy atom. The van der Waals surface area contributed by atoms with Crippen molar-refractivity contribution >= 4 is 28.2 Å². The molecule has 1 aromatic rings. The summed E-state index contributed by atoms with van der Waals surface area (Å²) in [6, 6.07) is 5.65. The number of aldehydes is 1. The van der Waals surface area contributed by atoms with Gasteiger partial charge in [0.1, 0.15) is 6.29 Å². The Balaban J connectivity index is 1.70. The first-order valence-electron chi connectivity index (χ1n) is 8.66. The molecule has 4 rings (SSSR count). The van der Waals surface area contributed by atoms with Gasteiger partial charge in [-0.2, -0.15) is 0 Å². The topological polar surface area (TPSA) is 54.4 Å². The molecule has 1 fully saturated rings. The third-order valence-electron chi connectivity index (χ3n) is 6.73. The average Bonchev–Trinajstić information content (AvgIpc) is 2.85. The maximum Gasteiger partial charge on any atom is 0.335 e. The van der Waals surface area contributed by atoms with E-state index in [1.165, 1.54) is 11.1 Å². The van der Waals surface area contributed by atoms with Crippen LogP contribution in [-0.4, -0.2) is 17.4 Å². The van der Waals surface area contributed by atoms with E-state index < -0.39 is 5.97 Å². The van der Waals surface area contributed by atoms with Crippen LogP contribution in [0.15, 0.2) is 28.3 Å². The van der Waals surface area contributed by atoms with Crippen LogP contribution in [0.2, 0.25) is 0 Å². The lowest BCUT2D eigenvalue weighted by Crippen LogP contribution is -2.40. The first-order chi connectivity index (χ1) is 11.5. The number of carboxylic acids is 1. The molecule has 0 aromatic heterocycles.